The highest BCUT2D eigenvalue weighted by molar-refractivity contribution is 9.10. The van der Waals surface area contributed by atoms with Gasteiger partial charge >= 0.3 is 6.18 Å². The van der Waals surface area contributed by atoms with Crippen molar-refractivity contribution in [2.45, 2.75) is 64.5 Å². The summed E-state index contributed by atoms with van der Waals surface area (Å²) in [6, 6.07) is 4.54. The van der Waals surface area contributed by atoms with Crippen molar-refractivity contribution in [1.29, 1.82) is 0 Å². The summed E-state index contributed by atoms with van der Waals surface area (Å²) in [5.74, 6) is 0. The third kappa shape index (κ3) is 6.29. The fourth-order valence-corrected chi connectivity index (χ4v) is 2.70. The molecule has 0 radical (unpaired) electrons. The minimum absolute atomic E-state index is 0.119. The number of aryl methyl sites for hydroxylation is 1. The first-order valence-corrected chi connectivity index (χ1v) is 8.10. The van der Waals surface area contributed by atoms with Crippen molar-refractivity contribution in [2.24, 2.45) is 0 Å². The molecule has 4 heteroatoms. The van der Waals surface area contributed by atoms with Gasteiger partial charge in [-0.05, 0) is 30.5 Å². The van der Waals surface area contributed by atoms with Crippen LogP contribution in [0.5, 0.6) is 0 Å². The van der Waals surface area contributed by atoms with Crippen LogP contribution in [0.4, 0.5) is 13.2 Å². The molecule has 0 saturated carbocycles. The van der Waals surface area contributed by atoms with E-state index in [0.717, 1.165) is 24.8 Å². The van der Waals surface area contributed by atoms with Crippen LogP contribution in [-0.4, -0.2) is 0 Å². The molecule has 0 aliphatic carbocycles. The van der Waals surface area contributed by atoms with Crippen molar-refractivity contribution in [3.8, 4) is 0 Å². The molecule has 0 saturated heterocycles. The van der Waals surface area contributed by atoms with Gasteiger partial charge in [0.1, 0.15) is 0 Å². The van der Waals surface area contributed by atoms with Gasteiger partial charge in [-0.3, -0.25) is 0 Å². The molecule has 114 valence electrons. The van der Waals surface area contributed by atoms with Gasteiger partial charge in [-0.25, -0.2) is 0 Å². The largest absolute Gasteiger partial charge is 0.417 e. The molecule has 0 aliphatic heterocycles. The third-order valence-corrected chi connectivity index (χ3v) is 4.10. The van der Waals surface area contributed by atoms with Crippen molar-refractivity contribution >= 4 is 15.9 Å². The van der Waals surface area contributed by atoms with Crippen LogP contribution in [0.15, 0.2) is 22.7 Å². The molecule has 1 rings (SSSR count). The highest BCUT2D eigenvalue weighted by Gasteiger charge is 2.32. The zero-order valence-electron chi connectivity index (χ0n) is 11.9. The lowest BCUT2D eigenvalue weighted by atomic mass is 10.0. The van der Waals surface area contributed by atoms with Gasteiger partial charge in [0.2, 0.25) is 0 Å². The van der Waals surface area contributed by atoms with E-state index in [2.05, 4.69) is 22.9 Å². The van der Waals surface area contributed by atoms with E-state index in [1.54, 1.807) is 6.07 Å². The van der Waals surface area contributed by atoms with Crippen LogP contribution in [0.25, 0.3) is 0 Å². The lowest BCUT2D eigenvalue weighted by Crippen LogP contribution is -2.06. The summed E-state index contributed by atoms with van der Waals surface area (Å²) in [6.07, 6.45) is 4.71. The number of alkyl halides is 3. The predicted octanol–water partition coefficient (Wildman–Crippen LogP) is 6.76. The van der Waals surface area contributed by atoms with E-state index in [4.69, 9.17) is 0 Å². The van der Waals surface area contributed by atoms with Crippen LogP contribution < -0.4 is 0 Å². The monoisotopic (exact) mass is 350 g/mol. The number of hydrogen-bond donors (Lipinski definition) is 0. The smallest absolute Gasteiger partial charge is 0.166 e. The summed E-state index contributed by atoms with van der Waals surface area (Å²) in [5.41, 5.74) is 0.201. The first-order valence-electron chi connectivity index (χ1n) is 7.30. The van der Waals surface area contributed by atoms with Gasteiger partial charge in [0.15, 0.2) is 0 Å². The molecular formula is C16H22BrF3. The fraction of sp³-hybridized carbons (Fsp3) is 0.625. The average Bonchev–Trinajstić information content (AvgIpc) is 2.38. The second-order valence-corrected chi connectivity index (χ2v) is 6.04. The lowest BCUT2D eigenvalue weighted by molar-refractivity contribution is -0.138. The first kappa shape index (κ1) is 17.5. The molecule has 0 amide bonds. The normalized spacial score (nSPS) is 11.8. The van der Waals surface area contributed by atoms with Crippen LogP contribution >= 0.6 is 15.9 Å². The fourth-order valence-electron chi connectivity index (χ4n) is 2.23. The summed E-state index contributed by atoms with van der Waals surface area (Å²) in [4.78, 5) is 0. The second-order valence-electron chi connectivity index (χ2n) is 5.18. The van der Waals surface area contributed by atoms with E-state index < -0.39 is 11.7 Å². The average molecular weight is 351 g/mol. The van der Waals surface area contributed by atoms with Crippen LogP contribution in [0.3, 0.4) is 0 Å². The molecule has 0 heterocycles. The molecule has 0 atom stereocenters. The van der Waals surface area contributed by atoms with Gasteiger partial charge in [0, 0.05) is 4.47 Å². The minimum atomic E-state index is -4.28. The van der Waals surface area contributed by atoms with Crippen molar-refractivity contribution in [1.82, 2.24) is 0 Å². The lowest BCUT2D eigenvalue weighted by Gasteiger charge is -2.11. The third-order valence-electron chi connectivity index (χ3n) is 3.41. The Kier molecular flexibility index (Phi) is 7.63. The number of halogens is 4. The minimum Gasteiger partial charge on any atom is -0.166 e. The molecule has 0 aliphatic rings. The number of rotatable bonds is 8. The quantitative estimate of drug-likeness (QED) is 0.454. The Morgan fingerprint density at radius 3 is 2.15 bits per heavy atom. The predicted molar refractivity (Wildman–Crippen MR) is 80.8 cm³/mol. The molecule has 0 nitrogen and oxygen atoms in total. The summed E-state index contributed by atoms with van der Waals surface area (Å²) < 4.78 is 38.4. The van der Waals surface area contributed by atoms with E-state index in [1.807, 2.05) is 0 Å². The molecule has 1 aromatic rings. The summed E-state index contributed by atoms with van der Waals surface area (Å²) in [5, 5.41) is 0. The molecule has 1 aromatic carbocycles. The second kappa shape index (κ2) is 8.71. The van der Waals surface area contributed by atoms with Crippen molar-refractivity contribution < 1.29 is 13.2 Å². The molecule has 0 N–H and O–H groups in total. The standard InChI is InChI=1S/C16H22BrF3/c1-2-3-4-5-6-7-8-9-13-10-11-15(17)14(12-13)16(18,19)20/h10-12H,2-9H2,1H3. The maximum atomic E-state index is 12.8. The molecule has 0 aromatic heterocycles. The zero-order valence-corrected chi connectivity index (χ0v) is 13.5. The molecule has 0 fully saturated rings. The van der Waals surface area contributed by atoms with E-state index in [-0.39, 0.29) is 4.47 Å². The Morgan fingerprint density at radius 2 is 1.55 bits per heavy atom. The van der Waals surface area contributed by atoms with Crippen LogP contribution in [0.2, 0.25) is 0 Å². The summed E-state index contributed by atoms with van der Waals surface area (Å²) in [6.45, 7) is 2.19. The molecule has 0 unspecified atom stereocenters. The molecule has 20 heavy (non-hydrogen) atoms. The molecular weight excluding hydrogens is 329 g/mol. The maximum absolute atomic E-state index is 12.8. The molecule has 0 bridgehead atoms. The zero-order chi connectivity index (χ0) is 15.0. The van der Waals surface area contributed by atoms with Gasteiger partial charge in [-0.15, -0.1) is 0 Å². The number of benzene rings is 1. The Labute approximate surface area is 127 Å². The van der Waals surface area contributed by atoms with Gasteiger partial charge in [-0.1, -0.05) is 67.4 Å². The Hall–Kier alpha value is -0.510. The van der Waals surface area contributed by atoms with Crippen LogP contribution in [-0.2, 0) is 12.6 Å². The van der Waals surface area contributed by atoms with E-state index in [1.165, 1.54) is 44.2 Å². The first-order chi connectivity index (χ1) is 9.45. The summed E-state index contributed by atoms with van der Waals surface area (Å²) >= 11 is 2.96. The SMILES string of the molecule is CCCCCCCCCc1ccc(Br)c(C(F)(F)F)c1. The Balaban J connectivity index is 2.38. The van der Waals surface area contributed by atoms with Crippen molar-refractivity contribution in [3.63, 3.8) is 0 Å². The Morgan fingerprint density at radius 1 is 0.950 bits per heavy atom. The van der Waals surface area contributed by atoms with E-state index in [0.29, 0.717) is 0 Å². The Bertz CT molecular complexity index is 399. The maximum Gasteiger partial charge on any atom is 0.417 e. The van der Waals surface area contributed by atoms with Gasteiger partial charge < -0.3 is 0 Å². The molecule has 0 spiro atoms. The summed E-state index contributed by atoms with van der Waals surface area (Å²) in [7, 11) is 0. The van der Waals surface area contributed by atoms with Crippen LogP contribution in [0.1, 0.15) is 63.0 Å². The number of hydrogen-bond acceptors (Lipinski definition) is 0. The van der Waals surface area contributed by atoms with E-state index >= 15 is 0 Å². The highest BCUT2D eigenvalue weighted by atomic mass is 79.9. The van der Waals surface area contributed by atoms with Gasteiger partial charge in [0.25, 0.3) is 0 Å². The van der Waals surface area contributed by atoms with Crippen molar-refractivity contribution in [3.05, 3.63) is 33.8 Å². The van der Waals surface area contributed by atoms with Gasteiger partial charge in [-0.2, -0.15) is 13.2 Å². The topological polar surface area (TPSA) is 0 Å². The van der Waals surface area contributed by atoms with Gasteiger partial charge in [0.05, 0.1) is 5.56 Å². The number of unbranched alkanes of at least 4 members (excludes halogenated alkanes) is 6. The van der Waals surface area contributed by atoms with Crippen LogP contribution in [0, 0.1) is 0 Å². The van der Waals surface area contributed by atoms with E-state index in [9.17, 15) is 13.2 Å². The highest BCUT2D eigenvalue weighted by Crippen LogP contribution is 2.35. The van der Waals surface area contributed by atoms with Crippen molar-refractivity contribution in [2.75, 3.05) is 0 Å².